The van der Waals surface area contributed by atoms with E-state index in [1.165, 1.54) is 0 Å². The zero-order valence-corrected chi connectivity index (χ0v) is 7.78. The summed E-state index contributed by atoms with van der Waals surface area (Å²) < 4.78 is 8.66. The Morgan fingerprint density at radius 3 is 1.17 bits per heavy atom. The molecule has 0 aliphatic heterocycles. The van der Waals surface area contributed by atoms with Crippen LogP contribution in [0.5, 0.6) is 0 Å². The van der Waals surface area contributed by atoms with Gasteiger partial charge in [0.1, 0.15) is 0 Å². The Bertz CT molecular complexity index is 118. The molecule has 12 heavy (non-hydrogen) atoms. The van der Waals surface area contributed by atoms with Crippen molar-refractivity contribution in [1.29, 1.82) is 0 Å². The monoisotopic (exact) mass is 211 g/mol. The summed E-state index contributed by atoms with van der Waals surface area (Å²) in [6.07, 6.45) is -2.08. The predicted molar refractivity (Wildman–Crippen MR) is 35.8 cm³/mol. The van der Waals surface area contributed by atoms with Crippen molar-refractivity contribution >= 4 is 14.0 Å². The van der Waals surface area contributed by atoms with Crippen LogP contribution in [0.1, 0.15) is 0 Å². The molecule has 0 fully saturated rings. The summed E-state index contributed by atoms with van der Waals surface area (Å²) >= 11 is 0. The molecule has 0 radical (unpaired) electrons. The molecule has 0 saturated carbocycles. The van der Waals surface area contributed by atoms with Gasteiger partial charge in [0.2, 0.25) is 6.16 Å². The van der Waals surface area contributed by atoms with Crippen LogP contribution in [-0.4, -0.2) is 16.2 Å². The normalized spacial score (nSPS) is 6.92. The van der Waals surface area contributed by atoms with Crippen LogP contribution >= 0.6 is 7.82 Å². The molecule has 10 nitrogen and oxygen atoms in total. The second kappa shape index (κ2) is 12.9. The second-order valence-corrected chi connectivity index (χ2v) is 1.67. The second-order valence-electron chi connectivity index (χ2n) is 0.734. The van der Waals surface area contributed by atoms with Crippen LogP contribution in [-0.2, 0) is 4.57 Å². The maximum absolute atomic E-state index is 8.66. The van der Waals surface area contributed by atoms with Crippen LogP contribution in [0.25, 0.3) is 0 Å². The fourth-order valence-corrected chi connectivity index (χ4v) is 0. The summed E-state index contributed by atoms with van der Waals surface area (Å²) in [6.45, 7) is 0. The van der Waals surface area contributed by atoms with Gasteiger partial charge in [0.15, 0.2) is 0 Å². The molecule has 0 rings (SSSR count). The first-order valence-electron chi connectivity index (χ1n) is 1.38. The Morgan fingerprint density at radius 2 is 1.17 bits per heavy atom. The summed E-state index contributed by atoms with van der Waals surface area (Å²) in [4.78, 5) is 32.7. The molecular weight excluding hydrogens is 197 g/mol. The molecule has 0 aromatic carbocycles. The standard InChI is InChI=1S/CH2O3.3H3N.H3O4P/c2-1(3)4;;;;1-5(2,3)4/h(H2,2,3,4);3*1H3;(H3,1,2,3,4). The van der Waals surface area contributed by atoms with Gasteiger partial charge in [0.25, 0.3) is 0 Å². The molecule has 80 valence electrons. The molecule has 0 aromatic heterocycles. The Morgan fingerprint density at radius 1 is 1.17 bits per heavy atom. The third-order valence-electron chi connectivity index (χ3n) is 0. The molecule has 0 aromatic rings. The number of rotatable bonds is 0. The number of carbonyl (C=O) groups is 1. The van der Waals surface area contributed by atoms with E-state index in [4.69, 9.17) is 34.3 Å². The number of hydrogen-bond acceptors (Lipinski definition) is 5. The summed E-state index contributed by atoms with van der Waals surface area (Å²) in [5.74, 6) is 0. The largest absolute Gasteiger partial charge is 0.790 e. The number of quaternary nitrogens is 3. The predicted octanol–water partition coefficient (Wildman–Crippen LogP) is -2.18. The number of carboxylic acid groups (broad SMARTS) is 2. The summed E-state index contributed by atoms with van der Waals surface area (Å²) in [5, 5.41) is 15.3. The van der Waals surface area contributed by atoms with Crippen LogP contribution in [0.15, 0.2) is 0 Å². The van der Waals surface area contributed by atoms with Crippen molar-refractivity contribution in [2.75, 3.05) is 0 Å². The molecule has 0 saturated heterocycles. The van der Waals surface area contributed by atoms with E-state index in [1.807, 2.05) is 0 Å². The molecule has 0 bridgehead atoms. The lowest BCUT2D eigenvalue weighted by molar-refractivity contribution is -0.337. The average molecular weight is 211 g/mol. The van der Waals surface area contributed by atoms with Crippen molar-refractivity contribution in [1.82, 2.24) is 18.5 Å². The van der Waals surface area contributed by atoms with Crippen LogP contribution in [0.2, 0.25) is 0 Å². The third-order valence-corrected chi connectivity index (χ3v) is 0. The Balaban J connectivity index is -0.0000000221. The fourth-order valence-electron chi connectivity index (χ4n) is 0. The smallest absolute Gasteiger partial charge is 0.249 e. The molecule has 0 atom stereocenters. The topological polar surface area (TPSA) is 253 Å². The zero-order chi connectivity index (χ0) is 8.08. The van der Waals surface area contributed by atoms with Gasteiger partial charge in [-0.2, -0.15) is 0 Å². The van der Waals surface area contributed by atoms with Gasteiger partial charge in [-0.1, -0.05) is 0 Å². The summed E-state index contributed by atoms with van der Waals surface area (Å²) in [5.41, 5.74) is 0. The van der Waals surface area contributed by atoms with Gasteiger partial charge >= 0.3 is 0 Å². The third kappa shape index (κ3) is 1150. The van der Waals surface area contributed by atoms with Gasteiger partial charge < -0.3 is 52.7 Å². The summed E-state index contributed by atoms with van der Waals surface area (Å²) in [7, 11) is -5.14. The minimum atomic E-state index is -5.14. The highest BCUT2D eigenvalue weighted by Crippen LogP contribution is 2.11. The van der Waals surface area contributed by atoms with E-state index in [9.17, 15) is 0 Å². The van der Waals surface area contributed by atoms with Gasteiger partial charge in [-0.3, -0.25) is 0 Å². The van der Waals surface area contributed by atoms with Crippen molar-refractivity contribution in [2.24, 2.45) is 0 Å². The SMILES string of the molecule is O=C([O-])O.O=P([O-])([O-])O.[NH4+].[NH4+].[NH4+]. The van der Waals surface area contributed by atoms with Gasteiger partial charge in [-0.15, -0.1) is 0 Å². The Kier molecular flexibility index (Phi) is 32.5. The molecule has 0 spiro atoms. The van der Waals surface area contributed by atoms with Crippen molar-refractivity contribution in [3.63, 3.8) is 0 Å². The molecule has 0 amide bonds. The highest BCUT2D eigenvalue weighted by atomic mass is 31.2. The molecule has 0 heterocycles. The van der Waals surface area contributed by atoms with Gasteiger partial charge in [-0.05, 0) is 0 Å². The molecular formula is CH14N3O7P. The Labute approximate surface area is 67.8 Å². The van der Waals surface area contributed by atoms with Crippen LogP contribution in [0, 0.1) is 0 Å². The average Bonchev–Trinajstić information content (AvgIpc) is 1.19. The Hall–Kier alpha value is -0.740. The maximum Gasteiger partial charge on any atom is 0.249 e. The molecule has 0 aliphatic rings. The lowest BCUT2D eigenvalue weighted by atomic mass is 11.5. The van der Waals surface area contributed by atoms with Crippen molar-refractivity contribution in [3.05, 3.63) is 0 Å². The lowest BCUT2D eigenvalue weighted by Gasteiger charge is -2.19. The number of phosphoric acid groups is 1. The van der Waals surface area contributed by atoms with Crippen LogP contribution in [0.3, 0.4) is 0 Å². The van der Waals surface area contributed by atoms with Crippen LogP contribution < -0.4 is 33.3 Å². The van der Waals surface area contributed by atoms with Crippen molar-refractivity contribution in [2.45, 2.75) is 0 Å². The van der Waals surface area contributed by atoms with E-state index < -0.39 is 14.0 Å². The van der Waals surface area contributed by atoms with E-state index in [-0.39, 0.29) is 18.5 Å². The van der Waals surface area contributed by atoms with Gasteiger partial charge in [-0.25, -0.2) is 0 Å². The minimum Gasteiger partial charge on any atom is -0.790 e. The molecule has 11 heteroatoms. The van der Waals surface area contributed by atoms with Crippen molar-refractivity contribution < 1.29 is 34.3 Å². The van der Waals surface area contributed by atoms with E-state index in [0.717, 1.165) is 0 Å². The first kappa shape index (κ1) is 30.2. The quantitative estimate of drug-likeness (QED) is 0.276. The first-order valence-corrected chi connectivity index (χ1v) is 2.88. The van der Waals surface area contributed by atoms with E-state index in [2.05, 4.69) is 0 Å². The summed E-state index contributed by atoms with van der Waals surface area (Å²) in [6, 6.07) is 0. The van der Waals surface area contributed by atoms with Crippen molar-refractivity contribution in [3.8, 4) is 0 Å². The first-order chi connectivity index (χ1) is 3.73. The van der Waals surface area contributed by atoms with E-state index in [0.29, 0.717) is 0 Å². The van der Waals surface area contributed by atoms with Crippen LogP contribution in [0.4, 0.5) is 4.79 Å². The maximum atomic E-state index is 8.66. The van der Waals surface area contributed by atoms with E-state index >= 15 is 0 Å². The fraction of sp³-hybridized carbons (Fsp3) is 0. The molecule has 14 N–H and O–H groups in total. The van der Waals surface area contributed by atoms with Gasteiger partial charge in [0.05, 0.1) is 7.82 Å². The minimum absolute atomic E-state index is 0. The highest BCUT2D eigenvalue weighted by molar-refractivity contribution is 7.42. The van der Waals surface area contributed by atoms with E-state index in [1.54, 1.807) is 0 Å². The molecule has 0 unspecified atom stereocenters. The van der Waals surface area contributed by atoms with Gasteiger partial charge in [0, 0.05) is 0 Å². The zero-order valence-electron chi connectivity index (χ0n) is 6.88. The lowest BCUT2D eigenvalue weighted by Crippen LogP contribution is -2.17. The molecule has 0 aliphatic carbocycles. The highest BCUT2D eigenvalue weighted by Gasteiger charge is 1.64. The number of hydrogen-bond donors (Lipinski definition) is 5.